The molecule has 2 aromatic rings. The second kappa shape index (κ2) is 5.92. The molecule has 1 fully saturated rings. The molecule has 3 rings (SSSR count). The van der Waals surface area contributed by atoms with Crippen LogP contribution in [-0.2, 0) is 0 Å². The van der Waals surface area contributed by atoms with Crippen LogP contribution in [0.3, 0.4) is 0 Å². The van der Waals surface area contributed by atoms with Crippen molar-refractivity contribution in [2.45, 2.75) is 46.1 Å². The molecular formula is C18H25N3. The number of hydrogen-bond acceptors (Lipinski definition) is 2. The van der Waals surface area contributed by atoms with Crippen LogP contribution in [0.15, 0.2) is 36.5 Å². The van der Waals surface area contributed by atoms with Crippen molar-refractivity contribution in [1.82, 2.24) is 9.55 Å². The molecule has 1 N–H and O–H groups in total. The monoisotopic (exact) mass is 283 g/mol. The molecule has 3 unspecified atom stereocenters. The highest BCUT2D eigenvalue weighted by Crippen LogP contribution is 2.35. The van der Waals surface area contributed by atoms with Gasteiger partial charge >= 0.3 is 0 Å². The smallest absolute Gasteiger partial charge is 0.207 e. The van der Waals surface area contributed by atoms with Gasteiger partial charge in [-0.05, 0) is 43.7 Å². The van der Waals surface area contributed by atoms with Crippen LogP contribution in [0.4, 0.5) is 5.95 Å². The number of anilines is 1. The maximum atomic E-state index is 4.69. The van der Waals surface area contributed by atoms with E-state index in [1.54, 1.807) is 0 Å². The minimum atomic E-state index is 0.541. The average Bonchev–Trinajstić information content (AvgIpc) is 3.04. The lowest BCUT2D eigenvalue weighted by atomic mass is 9.94. The van der Waals surface area contributed by atoms with Gasteiger partial charge in [0.25, 0.3) is 0 Å². The second-order valence-corrected chi connectivity index (χ2v) is 6.27. The largest absolute Gasteiger partial charge is 0.352 e. The predicted octanol–water partition coefficient (Wildman–Crippen LogP) is 4.42. The number of nitrogens with one attached hydrogen (secondary N) is 1. The standard InChI is InChI=1S/C18H25N3/c1-4-15-10-11-17(14(15)3)20-18-19-13(2)12-21(18)16-8-6-5-7-9-16/h5-9,12,14-15,17H,4,10-11H2,1-3H3,(H,19,20). The molecule has 0 bridgehead atoms. The Labute approximate surface area is 127 Å². The van der Waals surface area contributed by atoms with Crippen LogP contribution in [0.1, 0.15) is 38.8 Å². The van der Waals surface area contributed by atoms with Gasteiger partial charge in [-0.25, -0.2) is 4.98 Å². The van der Waals surface area contributed by atoms with Crippen LogP contribution in [0.2, 0.25) is 0 Å². The first kappa shape index (κ1) is 14.2. The summed E-state index contributed by atoms with van der Waals surface area (Å²) >= 11 is 0. The highest BCUT2D eigenvalue weighted by Gasteiger charge is 2.32. The van der Waals surface area contributed by atoms with Crippen LogP contribution >= 0.6 is 0 Å². The van der Waals surface area contributed by atoms with Crippen molar-refractivity contribution in [2.24, 2.45) is 11.8 Å². The van der Waals surface area contributed by atoms with Crippen molar-refractivity contribution in [1.29, 1.82) is 0 Å². The lowest BCUT2D eigenvalue weighted by Crippen LogP contribution is -2.26. The third kappa shape index (κ3) is 2.82. The Morgan fingerprint density at radius 1 is 1.24 bits per heavy atom. The average molecular weight is 283 g/mol. The number of hydrogen-bond donors (Lipinski definition) is 1. The molecule has 1 aromatic heterocycles. The van der Waals surface area contributed by atoms with Gasteiger partial charge in [-0.3, -0.25) is 4.57 Å². The van der Waals surface area contributed by atoms with Crippen LogP contribution in [-0.4, -0.2) is 15.6 Å². The number of aryl methyl sites for hydroxylation is 1. The molecule has 3 nitrogen and oxygen atoms in total. The summed E-state index contributed by atoms with van der Waals surface area (Å²) in [5.41, 5.74) is 2.22. The molecule has 1 aliphatic carbocycles. The van der Waals surface area contributed by atoms with Gasteiger partial charge in [0.1, 0.15) is 0 Å². The number of benzene rings is 1. The zero-order valence-electron chi connectivity index (χ0n) is 13.2. The van der Waals surface area contributed by atoms with Gasteiger partial charge in [0.05, 0.1) is 5.69 Å². The first-order valence-electron chi connectivity index (χ1n) is 8.07. The number of imidazole rings is 1. The number of rotatable bonds is 4. The van der Waals surface area contributed by atoms with E-state index in [-0.39, 0.29) is 0 Å². The van der Waals surface area contributed by atoms with Crippen molar-refractivity contribution in [3.05, 3.63) is 42.2 Å². The lowest BCUT2D eigenvalue weighted by molar-refractivity contribution is 0.391. The lowest BCUT2D eigenvalue weighted by Gasteiger charge is -2.22. The molecule has 112 valence electrons. The van der Waals surface area contributed by atoms with Crippen LogP contribution < -0.4 is 5.32 Å². The van der Waals surface area contributed by atoms with E-state index in [0.29, 0.717) is 6.04 Å². The summed E-state index contributed by atoms with van der Waals surface area (Å²) in [6.07, 6.45) is 5.97. The summed E-state index contributed by atoms with van der Waals surface area (Å²) in [6.45, 7) is 6.73. The van der Waals surface area contributed by atoms with E-state index in [1.165, 1.54) is 24.9 Å². The third-order valence-electron chi connectivity index (χ3n) is 4.93. The zero-order chi connectivity index (χ0) is 14.8. The molecular weight excluding hydrogens is 258 g/mol. The molecule has 3 atom stereocenters. The fourth-order valence-corrected chi connectivity index (χ4v) is 3.58. The molecule has 0 spiro atoms. The molecule has 3 heteroatoms. The maximum absolute atomic E-state index is 4.69. The molecule has 1 aromatic carbocycles. The minimum absolute atomic E-state index is 0.541. The first-order valence-corrected chi connectivity index (χ1v) is 8.07. The molecule has 1 saturated carbocycles. The molecule has 0 aliphatic heterocycles. The van der Waals surface area contributed by atoms with Gasteiger partial charge in [0, 0.05) is 17.9 Å². The quantitative estimate of drug-likeness (QED) is 0.900. The first-order chi connectivity index (χ1) is 10.2. The zero-order valence-corrected chi connectivity index (χ0v) is 13.2. The van der Waals surface area contributed by atoms with E-state index < -0.39 is 0 Å². The van der Waals surface area contributed by atoms with Crippen LogP contribution in [0.5, 0.6) is 0 Å². The molecule has 0 radical (unpaired) electrons. The Morgan fingerprint density at radius 2 is 2.00 bits per heavy atom. The van der Waals surface area contributed by atoms with Gasteiger partial charge < -0.3 is 5.32 Å². The highest BCUT2D eigenvalue weighted by atomic mass is 15.2. The normalized spacial score (nSPS) is 25.2. The SMILES string of the molecule is CCC1CCC(Nc2nc(C)cn2-c2ccccc2)C1C. The van der Waals surface area contributed by atoms with E-state index in [2.05, 4.69) is 66.1 Å². The molecule has 21 heavy (non-hydrogen) atoms. The van der Waals surface area contributed by atoms with Gasteiger partial charge in [0.15, 0.2) is 0 Å². The van der Waals surface area contributed by atoms with E-state index in [0.717, 1.165) is 23.5 Å². The van der Waals surface area contributed by atoms with Crippen molar-refractivity contribution in [2.75, 3.05) is 5.32 Å². The summed E-state index contributed by atoms with van der Waals surface area (Å²) in [4.78, 5) is 4.69. The molecule has 0 amide bonds. The second-order valence-electron chi connectivity index (χ2n) is 6.27. The van der Waals surface area contributed by atoms with Gasteiger partial charge in [-0.15, -0.1) is 0 Å². The minimum Gasteiger partial charge on any atom is -0.352 e. The third-order valence-corrected chi connectivity index (χ3v) is 4.93. The van der Waals surface area contributed by atoms with Gasteiger partial charge in [-0.1, -0.05) is 38.5 Å². The molecule has 1 heterocycles. The van der Waals surface area contributed by atoms with Crippen LogP contribution in [0.25, 0.3) is 5.69 Å². The van der Waals surface area contributed by atoms with Crippen molar-refractivity contribution in [3.8, 4) is 5.69 Å². The fraction of sp³-hybridized carbons (Fsp3) is 0.500. The summed E-state index contributed by atoms with van der Waals surface area (Å²) in [5, 5.41) is 3.69. The summed E-state index contributed by atoms with van der Waals surface area (Å²) < 4.78 is 2.17. The number of para-hydroxylation sites is 1. The Morgan fingerprint density at radius 3 is 2.67 bits per heavy atom. The fourth-order valence-electron chi connectivity index (χ4n) is 3.58. The van der Waals surface area contributed by atoms with Crippen molar-refractivity contribution in [3.63, 3.8) is 0 Å². The predicted molar refractivity (Wildman–Crippen MR) is 87.9 cm³/mol. The van der Waals surface area contributed by atoms with Gasteiger partial charge in [0.2, 0.25) is 5.95 Å². The molecule has 0 saturated heterocycles. The summed E-state index contributed by atoms with van der Waals surface area (Å²) in [6, 6.07) is 11.0. The van der Waals surface area contributed by atoms with E-state index in [9.17, 15) is 0 Å². The maximum Gasteiger partial charge on any atom is 0.207 e. The van der Waals surface area contributed by atoms with Crippen LogP contribution in [0, 0.1) is 18.8 Å². The molecule has 1 aliphatic rings. The van der Waals surface area contributed by atoms with Crippen molar-refractivity contribution >= 4 is 5.95 Å². The number of nitrogens with zero attached hydrogens (tertiary/aromatic N) is 2. The topological polar surface area (TPSA) is 29.9 Å². The van der Waals surface area contributed by atoms with E-state index in [1.807, 2.05) is 6.07 Å². The highest BCUT2D eigenvalue weighted by molar-refractivity contribution is 5.43. The Balaban J connectivity index is 1.84. The van der Waals surface area contributed by atoms with E-state index in [4.69, 9.17) is 0 Å². The number of aromatic nitrogens is 2. The Bertz CT molecular complexity index is 588. The summed E-state index contributed by atoms with van der Waals surface area (Å²) in [7, 11) is 0. The Hall–Kier alpha value is -1.77. The summed E-state index contributed by atoms with van der Waals surface area (Å²) in [5.74, 6) is 2.55. The van der Waals surface area contributed by atoms with Crippen molar-refractivity contribution < 1.29 is 0 Å². The Kier molecular flexibility index (Phi) is 4.00. The van der Waals surface area contributed by atoms with E-state index >= 15 is 0 Å². The van der Waals surface area contributed by atoms with Gasteiger partial charge in [-0.2, -0.15) is 0 Å².